The van der Waals surface area contributed by atoms with Gasteiger partial charge in [-0.2, -0.15) is 0 Å². The topological polar surface area (TPSA) is 12.0 Å². The number of aryl methyl sites for hydroxylation is 1. The SMILES string of the molecule is CCc1ccc(NCc2cccc(F)c2Br)cc1. The van der Waals surface area contributed by atoms with Gasteiger partial charge >= 0.3 is 0 Å². The molecule has 18 heavy (non-hydrogen) atoms. The predicted molar refractivity (Wildman–Crippen MR) is 77.2 cm³/mol. The number of rotatable bonds is 4. The molecule has 0 aromatic heterocycles. The van der Waals surface area contributed by atoms with Gasteiger partial charge in [-0.1, -0.05) is 31.2 Å². The van der Waals surface area contributed by atoms with Crippen LogP contribution in [0.25, 0.3) is 0 Å². The van der Waals surface area contributed by atoms with E-state index in [9.17, 15) is 4.39 Å². The standard InChI is InChI=1S/C15H15BrFN/c1-2-11-6-8-13(9-7-11)18-10-12-4-3-5-14(17)15(12)16/h3-9,18H,2,10H2,1H3. The lowest BCUT2D eigenvalue weighted by molar-refractivity contribution is 0.618. The molecule has 1 N–H and O–H groups in total. The molecule has 0 aliphatic rings. The van der Waals surface area contributed by atoms with Crippen molar-refractivity contribution in [2.24, 2.45) is 0 Å². The molecule has 0 aliphatic carbocycles. The summed E-state index contributed by atoms with van der Waals surface area (Å²) < 4.78 is 13.9. The number of benzene rings is 2. The minimum Gasteiger partial charge on any atom is -0.381 e. The van der Waals surface area contributed by atoms with Crippen LogP contribution in [0.3, 0.4) is 0 Å². The molecule has 0 unspecified atom stereocenters. The maximum absolute atomic E-state index is 13.3. The average Bonchev–Trinajstić information content (AvgIpc) is 2.41. The fourth-order valence-electron chi connectivity index (χ4n) is 1.74. The Morgan fingerprint density at radius 1 is 1.11 bits per heavy atom. The Bertz CT molecular complexity index is 523. The second kappa shape index (κ2) is 6.01. The van der Waals surface area contributed by atoms with E-state index in [4.69, 9.17) is 0 Å². The minimum absolute atomic E-state index is 0.226. The highest BCUT2D eigenvalue weighted by Crippen LogP contribution is 2.21. The average molecular weight is 308 g/mol. The van der Waals surface area contributed by atoms with Crippen molar-refractivity contribution in [1.82, 2.24) is 0 Å². The molecule has 0 fully saturated rings. The highest BCUT2D eigenvalue weighted by molar-refractivity contribution is 9.10. The van der Waals surface area contributed by atoms with Gasteiger partial charge in [-0.15, -0.1) is 0 Å². The summed E-state index contributed by atoms with van der Waals surface area (Å²) in [5, 5.41) is 3.28. The molecule has 94 valence electrons. The van der Waals surface area contributed by atoms with E-state index >= 15 is 0 Å². The van der Waals surface area contributed by atoms with Crippen molar-refractivity contribution in [3.05, 3.63) is 63.9 Å². The smallest absolute Gasteiger partial charge is 0.137 e. The van der Waals surface area contributed by atoms with Crippen LogP contribution in [0.1, 0.15) is 18.1 Å². The van der Waals surface area contributed by atoms with Crippen molar-refractivity contribution >= 4 is 21.6 Å². The fourth-order valence-corrected chi connectivity index (χ4v) is 2.15. The van der Waals surface area contributed by atoms with Crippen molar-refractivity contribution in [3.8, 4) is 0 Å². The first-order valence-corrected chi connectivity index (χ1v) is 6.75. The molecule has 0 aliphatic heterocycles. The Labute approximate surface area is 115 Å². The zero-order chi connectivity index (χ0) is 13.0. The number of halogens is 2. The summed E-state index contributed by atoms with van der Waals surface area (Å²) in [4.78, 5) is 0. The number of anilines is 1. The molecule has 0 heterocycles. The Morgan fingerprint density at radius 3 is 2.50 bits per heavy atom. The van der Waals surface area contributed by atoms with Crippen LogP contribution in [0.4, 0.5) is 10.1 Å². The molecule has 0 bridgehead atoms. The Kier molecular flexibility index (Phi) is 4.37. The minimum atomic E-state index is -0.226. The molecular weight excluding hydrogens is 293 g/mol. The van der Waals surface area contributed by atoms with E-state index in [1.807, 2.05) is 18.2 Å². The van der Waals surface area contributed by atoms with E-state index in [2.05, 4.69) is 40.3 Å². The molecule has 0 radical (unpaired) electrons. The molecule has 1 nitrogen and oxygen atoms in total. The van der Waals surface area contributed by atoms with Gasteiger partial charge < -0.3 is 5.32 Å². The van der Waals surface area contributed by atoms with E-state index in [0.29, 0.717) is 11.0 Å². The van der Waals surface area contributed by atoms with Crippen LogP contribution in [0, 0.1) is 5.82 Å². The summed E-state index contributed by atoms with van der Waals surface area (Å²) >= 11 is 3.26. The lowest BCUT2D eigenvalue weighted by Gasteiger charge is -2.09. The Morgan fingerprint density at radius 2 is 1.83 bits per heavy atom. The lowest BCUT2D eigenvalue weighted by Crippen LogP contribution is -2.01. The molecule has 2 aromatic rings. The largest absolute Gasteiger partial charge is 0.381 e. The number of hydrogen-bond acceptors (Lipinski definition) is 1. The lowest BCUT2D eigenvalue weighted by atomic mass is 10.1. The van der Waals surface area contributed by atoms with Crippen LogP contribution < -0.4 is 5.32 Å². The van der Waals surface area contributed by atoms with Gasteiger partial charge in [0.15, 0.2) is 0 Å². The third-order valence-electron chi connectivity index (χ3n) is 2.88. The van der Waals surface area contributed by atoms with Crippen molar-refractivity contribution < 1.29 is 4.39 Å². The highest BCUT2D eigenvalue weighted by atomic mass is 79.9. The van der Waals surface area contributed by atoms with Gasteiger partial charge in [0.2, 0.25) is 0 Å². The van der Waals surface area contributed by atoms with E-state index in [1.54, 1.807) is 6.07 Å². The van der Waals surface area contributed by atoms with Gasteiger partial charge in [-0.3, -0.25) is 0 Å². The highest BCUT2D eigenvalue weighted by Gasteiger charge is 2.04. The normalized spacial score (nSPS) is 10.4. The molecule has 3 heteroatoms. The number of hydrogen-bond donors (Lipinski definition) is 1. The van der Waals surface area contributed by atoms with E-state index in [0.717, 1.165) is 17.7 Å². The molecule has 0 atom stereocenters. The predicted octanol–water partition coefficient (Wildman–Crippen LogP) is 4.76. The summed E-state index contributed by atoms with van der Waals surface area (Å²) in [6.45, 7) is 2.73. The Hall–Kier alpha value is -1.35. The van der Waals surface area contributed by atoms with Gasteiger partial charge in [0.25, 0.3) is 0 Å². The zero-order valence-electron chi connectivity index (χ0n) is 10.2. The first-order chi connectivity index (χ1) is 8.70. The first-order valence-electron chi connectivity index (χ1n) is 5.96. The zero-order valence-corrected chi connectivity index (χ0v) is 11.8. The molecule has 0 saturated carbocycles. The molecular formula is C15H15BrFN. The second-order valence-corrected chi connectivity index (χ2v) is 4.91. The van der Waals surface area contributed by atoms with Gasteiger partial charge in [-0.25, -0.2) is 4.39 Å². The van der Waals surface area contributed by atoms with Crippen molar-refractivity contribution in [1.29, 1.82) is 0 Å². The maximum Gasteiger partial charge on any atom is 0.137 e. The summed E-state index contributed by atoms with van der Waals surface area (Å²) in [5.41, 5.74) is 3.27. The Balaban J connectivity index is 2.04. The van der Waals surface area contributed by atoms with Crippen LogP contribution >= 0.6 is 15.9 Å². The molecule has 2 rings (SSSR count). The van der Waals surface area contributed by atoms with Crippen LogP contribution in [0.2, 0.25) is 0 Å². The fraction of sp³-hybridized carbons (Fsp3) is 0.200. The van der Waals surface area contributed by atoms with Crippen LogP contribution in [0.15, 0.2) is 46.9 Å². The van der Waals surface area contributed by atoms with Crippen molar-refractivity contribution in [3.63, 3.8) is 0 Å². The summed E-state index contributed by atoms with van der Waals surface area (Å²) in [6, 6.07) is 13.4. The van der Waals surface area contributed by atoms with E-state index < -0.39 is 0 Å². The monoisotopic (exact) mass is 307 g/mol. The summed E-state index contributed by atoms with van der Waals surface area (Å²) in [6.07, 6.45) is 1.04. The van der Waals surface area contributed by atoms with Crippen LogP contribution in [0.5, 0.6) is 0 Å². The van der Waals surface area contributed by atoms with Gasteiger partial charge in [0.1, 0.15) is 5.82 Å². The molecule has 2 aromatic carbocycles. The quantitative estimate of drug-likeness (QED) is 0.858. The van der Waals surface area contributed by atoms with Crippen LogP contribution in [-0.4, -0.2) is 0 Å². The molecule has 0 saturated heterocycles. The number of nitrogens with one attached hydrogen (secondary N) is 1. The molecule has 0 spiro atoms. The van der Waals surface area contributed by atoms with Crippen LogP contribution in [-0.2, 0) is 13.0 Å². The maximum atomic E-state index is 13.3. The summed E-state index contributed by atoms with van der Waals surface area (Å²) in [5.74, 6) is -0.226. The van der Waals surface area contributed by atoms with E-state index in [1.165, 1.54) is 11.6 Å². The van der Waals surface area contributed by atoms with Crippen molar-refractivity contribution in [2.45, 2.75) is 19.9 Å². The first kappa shape index (κ1) is 13.1. The summed E-state index contributed by atoms with van der Waals surface area (Å²) in [7, 11) is 0. The van der Waals surface area contributed by atoms with Gasteiger partial charge in [-0.05, 0) is 51.7 Å². The third kappa shape index (κ3) is 3.10. The van der Waals surface area contributed by atoms with Gasteiger partial charge in [0.05, 0.1) is 4.47 Å². The van der Waals surface area contributed by atoms with Crippen molar-refractivity contribution in [2.75, 3.05) is 5.32 Å². The third-order valence-corrected chi connectivity index (χ3v) is 3.76. The second-order valence-electron chi connectivity index (χ2n) is 4.12. The van der Waals surface area contributed by atoms with E-state index in [-0.39, 0.29) is 5.82 Å². The molecule has 0 amide bonds. The van der Waals surface area contributed by atoms with Gasteiger partial charge in [0, 0.05) is 12.2 Å².